The molecule has 0 amide bonds. The van der Waals surface area contributed by atoms with Gasteiger partial charge in [-0.15, -0.1) is 0 Å². The van der Waals surface area contributed by atoms with Crippen molar-refractivity contribution in [2.24, 2.45) is 0 Å². The topological polar surface area (TPSA) is 241 Å². The van der Waals surface area contributed by atoms with Crippen molar-refractivity contribution in [3.63, 3.8) is 0 Å². The third-order valence-corrected chi connectivity index (χ3v) is 17.1. The zero-order valence-corrected chi connectivity index (χ0v) is 52.0. The van der Waals surface area contributed by atoms with E-state index in [4.69, 9.17) is 51.9 Å². The number of nitrogens with zero attached hydrogens (tertiary/aromatic N) is 2. The number of carbonyl (C=O) groups is 2. The molecule has 0 unspecified atom stereocenters. The summed E-state index contributed by atoms with van der Waals surface area (Å²) in [5, 5.41) is 0. The van der Waals surface area contributed by atoms with Crippen LogP contribution in [0.5, 0.6) is 46.0 Å². The third kappa shape index (κ3) is 18.7. The van der Waals surface area contributed by atoms with Crippen LogP contribution in [0, 0.1) is 0 Å². The number of rotatable bonds is 26. The molecule has 0 saturated heterocycles. The monoisotopic (exact) mass is 1230 g/mol. The lowest BCUT2D eigenvalue weighted by atomic mass is 9.86. The Morgan fingerprint density at radius 3 is 1.44 bits per heavy atom. The Hall–Kier alpha value is -7.60. The van der Waals surface area contributed by atoms with Crippen LogP contribution in [0.15, 0.2) is 131 Å². The number of methoxy groups -OCH3 is 8. The second kappa shape index (κ2) is 32.2. The van der Waals surface area contributed by atoms with Crippen LogP contribution >= 0.6 is 0 Å². The van der Waals surface area contributed by atoms with Gasteiger partial charge in [-0.2, -0.15) is 8.42 Å². The van der Waals surface area contributed by atoms with Gasteiger partial charge in [-0.3, -0.25) is 19.0 Å². The van der Waals surface area contributed by atoms with Crippen molar-refractivity contribution in [1.29, 1.82) is 0 Å². The van der Waals surface area contributed by atoms with E-state index >= 15 is 0 Å². The van der Waals surface area contributed by atoms with Crippen molar-refractivity contribution >= 4 is 32.2 Å². The Morgan fingerprint density at radius 2 is 0.977 bits per heavy atom. The number of quaternary nitrogens is 1. The molecular weight excluding hydrogens is 1150 g/mol. The fourth-order valence-corrected chi connectivity index (χ4v) is 11.6. The molecule has 0 aromatic heterocycles. The number of unbranched alkanes of at least 4 members (excludes halogenated alkanes) is 2. The molecule has 466 valence electrons. The Kier molecular flexibility index (Phi) is 25.3. The molecule has 3 atom stereocenters. The molecule has 2 aliphatic heterocycles. The number of hydrogen-bond donors (Lipinski definition) is 1. The highest BCUT2D eigenvalue weighted by atomic mass is 32.2. The molecule has 6 aromatic rings. The van der Waals surface area contributed by atoms with Crippen molar-refractivity contribution < 1.29 is 87.4 Å². The second-order valence-corrected chi connectivity index (χ2v) is 23.5. The largest absolute Gasteiger partial charge is 0.744 e. The lowest BCUT2D eigenvalue weighted by molar-refractivity contribution is -0.940. The van der Waals surface area contributed by atoms with Gasteiger partial charge in [-0.1, -0.05) is 48.5 Å². The van der Waals surface area contributed by atoms with Gasteiger partial charge in [0.05, 0.1) is 113 Å². The van der Waals surface area contributed by atoms with Gasteiger partial charge in [0.15, 0.2) is 46.0 Å². The number of ether oxygens (including phenoxy) is 10. The van der Waals surface area contributed by atoms with Crippen LogP contribution in [-0.4, -0.2) is 151 Å². The van der Waals surface area contributed by atoms with Crippen molar-refractivity contribution in [2.45, 2.75) is 79.7 Å². The lowest BCUT2D eigenvalue weighted by Crippen LogP contribution is -2.53. The number of hydrogen-bond acceptors (Lipinski definition) is 18. The highest BCUT2D eigenvalue weighted by molar-refractivity contribution is 7.86. The Morgan fingerprint density at radius 1 is 0.535 bits per heavy atom. The molecule has 6 aromatic carbocycles. The maximum Gasteiger partial charge on any atom is 0.311 e. The molecule has 0 radical (unpaired) electrons. The van der Waals surface area contributed by atoms with Crippen molar-refractivity contribution in [2.75, 3.05) is 103 Å². The average Bonchev–Trinajstić information content (AvgIpc) is 0.952. The summed E-state index contributed by atoms with van der Waals surface area (Å²) in [5.74, 6) is 5.01. The van der Waals surface area contributed by atoms with Gasteiger partial charge < -0.3 is 56.4 Å². The van der Waals surface area contributed by atoms with E-state index in [2.05, 4.69) is 48.3 Å². The predicted octanol–water partition coefficient (Wildman–Crippen LogP) is 9.44. The first-order valence-corrected chi connectivity index (χ1v) is 30.9. The Bertz CT molecular complexity index is 3340. The first-order chi connectivity index (χ1) is 41.2. The summed E-state index contributed by atoms with van der Waals surface area (Å²) in [6.45, 7) is 3.43. The van der Waals surface area contributed by atoms with Crippen LogP contribution in [0.3, 0.4) is 0 Å². The fourth-order valence-electron chi connectivity index (χ4n) is 10.6. The molecule has 22 heteroatoms. The maximum atomic E-state index is 13.2. The van der Waals surface area contributed by atoms with Gasteiger partial charge in [0.1, 0.15) is 16.2 Å². The standard InChI is InChI=1S/C52H69N2O12.2C6H6O3S/c1-54(23-19-38-32-48(62-7)50(64-9)34-40(38)42(54)28-36-14-16-44(58-3)46(30-36)60-5)24-20-52(56)66-26-12-10-11-25-65-51(55)18-22-53-21-17-37-31-47(61-6)49(63-8)33-39(37)41(53)27-35-13-15-43(57-2)45(29-35)59-4;2*7-10(8,9)6-4-2-1-3-5-6/h13-16,29-34,41-42H,10-12,17-28H2,1-9H3;2*1-5H,(H,7,8,9)/q+1;;/p-1/t41-,42-,54-;;/m1../s1. The lowest BCUT2D eigenvalue weighted by Gasteiger charge is -2.46. The van der Waals surface area contributed by atoms with Gasteiger partial charge >= 0.3 is 11.9 Å². The Labute approximate surface area is 505 Å². The summed E-state index contributed by atoms with van der Waals surface area (Å²) in [6.07, 6.45) is 5.77. The van der Waals surface area contributed by atoms with E-state index in [1.165, 1.54) is 53.1 Å². The quantitative estimate of drug-likeness (QED) is 0.0230. The minimum absolute atomic E-state index is 0.0116. The van der Waals surface area contributed by atoms with E-state index in [0.29, 0.717) is 102 Å². The van der Waals surface area contributed by atoms with E-state index in [-0.39, 0.29) is 40.2 Å². The molecule has 20 nitrogen and oxygen atoms in total. The number of esters is 2. The average molecular weight is 1230 g/mol. The van der Waals surface area contributed by atoms with Crippen LogP contribution in [0.2, 0.25) is 0 Å². The third-order valence-electron chi connectivity index (χ3n) is 15.3. The summed E-state index contributed by atoms with van der Waals surface area (Å²) < 4.78 is 117. The van der Waals surface area contributed by atoms with Gasteiger partial charge in [-0.25, -0.2) is 8.42 Å². The number of likely N-dealkylation sites (N-methyl/N-ethyl adjacent to an activating group) is 1. The molecule has 86 heavy (non-hydrogen) atoms. The molecule has 0 aliphatic carbocycles. The smallest absolute Gasteiger partial charge is 0.311 e. The summed E-state index contributed by atoms with van der Waals surface area (Å²) in [4.78, 5) is 28.3. The molecule has 0 saturated carbocycles. The van der Waals surface area contributed by atoms with Gasteiger partial charge in [0, 0.05) is 37.5 Å². The summed E-state index contributed by atoms with van der Waals surface area (Å²) in [5.41, 5.74) is 6.93. The molecule has 0 bridgehead atoms. The van der Waals surface area contributed by atoms with Crippen LogP contribution < -0.4 is 37.9 Å². The molecule has 0 fully saturated rings. The van der Waals surface area contributed by atoms with Gasteiger partial charge in [0.2, 0.25) is 0 Å². The van der Waals surface area contributed by atoms with E-state index in [9.17, 15) is 31.0 Å². The zero-order chi connectivity index (χ0) is 62.4. The van der Waals surface area contributed by atoms with E-state index in [1.54, 1.807) is 81.1 Å². The van der Waals surface area contributed by atoms with E-state index < -0.39 is 20.2 Å². The van der Waals surface area contributed by atoms with Crippen LogP contribution in [-0.2, 0) is 65.0 Å². The maximum absolute atomic E-state index is 13.2. The SMILES string of the molecule is COc1ccc(C[C@@H]2c3cc(OC)c(OC)cc3CCN2CCC(=O)OCCCCCOC(=O)CC[N@@+]2(C)CCc3cc(OC)c(OC)cc3[C@H]2Cc2ccc(OC)c(OC)c2)cc1OC.O=S(=O)(O)c1ccccc1.O=S(=O)([O-])c1ccccc1. The van der Waals surface area contributed by atoms with E-state index in [0.717, 1.165) is 55.5 Å². The predicted molar refractivity (Wildman–Crippen MR) is 322 cm³/mol. The first kappa shape index (κ1) is 67.5. The van der Waals surface area contributed by atoms with Crippen LogP contribution in [0.25, 0.3) is 0 Å². The summed E-state index contributed by atoms with van der Waals surface area (Å²) in [6, 6.07) is 34.9. The molecular formula is C64H80N2O18S2. The summed E-state index contributed by atoms with van der Waals surface area (Å²) in [7, 11) is 7.10. The highest BCUT2D eigenvalue weighted by Crippen LogP contribution is 2.44. The van der Waals surface area contributed by atoms with Crippen molar-refractivity contribution in [3.05, 3.63) is 155 Å². The minimum Gasteiger partial charge on any atom is -0.744 e. The van der Waals surface area contributed by atoms with Crippen molar-refractivity contribution in [3.8, 4) is 46.0 Å². The molecule has 2 aliphatic rings. The molecule has 2 heterocycles. The van der Waals surface area contributed by atoms with Crippen LogP contribution in [0.1, 0.15) is 77.6 Å². The molecule has 8 rings (SSSR count). The zero-order valence-electron chi connectivity index (χ0n) is 50.4. The second-order valence-electron chi connectivity index (χ2n) is 20.7. The molecule has 0 spiro atoms. The number of carbonyl (C=O) groups excluding carboxylic acids is 2. The normalized spacial score (nSPS) is 16.2. The Balaban J connectivity index is 0.000000496. The minimum atomic E-state index is -4.25. The van der Waals surface area contributed by atoms with Gasteiger partial charge in [0.25, 0.3) is 10.1 Å². The first-order valence-electron chi connectivity index (χ1n) is 28.1. The fraction of sp³-hybridized carbons (Fsp3) is 0.406. The number of benzene rings is 6. The molecule has 1 N–H and O–H groups in total. The number of fused-ring (bicyclic) bond motifs is 2. The van der Waals surface area contributed by atoms with E-state index in [1.807, 2.05) is 24.3 Å². The van der Waals surface area contributed by atoms with Gasteiger partial charge in [-0.05, 0) is 133 Å². The highest BCUT2D eigenvalue weighted by Gasteiger charge is 2.41. The van der Waals surface area contributed by atoms with Crippen molar-refractivity contribution in [1.82, 2.24) is 4.90 Å². The van der Waals surface area contributed by atoms with Crippen LogP contribution in [0.4, 0.5) is 0 Å². The summed E-state index contributed by atoms with van der Waals surface area (Å²) >= 11 is 0.